The molecule has 0 spiro atoms. The summed E-state index contributed by atoms with van der Waals surface area (Å²) in [4.78, 5) is 0. The zero-order valence-electron chi connectivity index (χ0n) is 7.10. The summed E-state index contributed by atoms with van der Waals surface area (Å²) in [7, 11) is 1.95. The van der Waals surface area contributed by atoms with Gasteiger partial charge in [0.1, 0.15) is 0 Å². The Labute approximate surface area is 81.3 Å². The Morgan fingerprint density at radius 1 is 1.50 bits per heavy atom. The van der Waals surface area contributed by atoms with Gasteiger partial charge < -0.3 is 11.1 Å². The van der Waals surface area contributed by atoms with E-state index in [0.29, 0.717) is 0 Å². The molecule has 0 saturated heterocycles. The van der Waals surface area contributed by atoms with Crippen LogP contribution in [0.4, 0.5) is 5.69 Å². The molecular formula is C9H13BrN2. The van der Waals surface area contributed by atoms with Gasteiger partial charge in [-0.1, -0.05) is 6.07 Å². The van der Waals surface area contributed by atoms with Gasteiger partial charge >= 0.3 is 0 Å². The molecule has 0 bridgehead atoms. The number of nitrogen functional groups attached to an aromatic ring is 1. The first-order valence-electron chi connectivity index (χ1n) is 3.92. The van der Waals surface area contributed by atoms with Crippen molar-refractivity contribution in [2.24, 2.45) is 0 Å². The quantitative estimate of drug-likeness (QED) is 0.775. The average Bonchev–Trinajstić information content (AvgIpc) is 2.07. The van der Waals surface area contributed by atoms with Crippen LogP contribution in [0.5, 0.6) is 0 Å². The van der Waals surface area contributed by atoms with Crippen LogP contribution in [0.25, 0.3) is 0 Å². The number of nitrogens with two attached hydrogens (primary N) is 1. The molecule has 0 atom stereocenters. The Balaban J connectivity index is 2.69. The smallest absolute Gasteiger partial charge is 0.0461 e. The second kappa shape index (κ2) is 4.48. The monoisotopic (exact) mass is 228 g/mol. The van der Waals surface area contributed by atoms with Crippen molar-refractivity contribution in [3.8, 4) is 0 Å². The van der Waals surface area contributed by atoms with Crippen LogP contribution in [0.2, 0.25) is 0 Å². The second-order valence-corrected chi connectivity index (χ2v) is 3.56. The highest BCUT2D eigenvalue weighted by atomic mass is 79.9. The van der Waals surface area contributed by atoms with Crippen LogP contribution in [-0.2, 0) is 6.42 Å². The number of anilines is 1. The van der Waals surface area contributed by atoms with Gasteiger partial charge in [-0.3, -0.25) is 0 Å². The van der Waals surface area contributed by atoms with Crippen molar-refractivity contribution in [2.75, 3.05) is 19.3 Å². The van der Waals surface area contributed by atoms with Crippen LogP contribution < -0.4 is 11.1 Å². The van der Waals surface area contributed by atoms with Crippen LogP contribution in [0.1, 0.15) is 5.56 Å². The SMILES string of the molecule is CNCCc1ccc(Br)c(N)c1. The van der Waals surface area contributed by atoms with Gasteiger partial charge in [-0.05, 0) is 53.6 Å². The Morgan fingerprint density at radius 3 is 2.83 bits per heavy atom. The van der Waals surface area contributed by atoms with Crippen LogP contribution in [-0.4, -0.2) is 13.6 Å². The van der Waals surface area contributed by atoms with Crippen LogP contribution in [0, 0.1) is 0 Å². The number of benzene rings is 1. The summed E-state index contributed by atoms with van der Waals surface area (Å²) in [6.07, 6.45) is 1.02. The first kappa shape index (κ1) is 9.55. The maximum Gasteiger partial charge on any atom is 0.0461 e. The third-order valence-electron chi connectivity index (χ3n) is 1.72. The predicted octanol–water partition coefficient (Wildman–Crippen LogP) is 1.79. The zero-order valence-corrected chi connectivity index (χ0v) is 8.69. The molecular weight excluding hydrogens is 216 g/mol. The lowest BCUT2D eigenvalue weighted by molar-refractivity contribution is 0.792. The van der Waals surface area contributed by atoms with E-state index in [1.165, 1.54) is 5.56 Å². The van der Waals surface area contributed by atoms with E-state index >= 15 is 0 Å². The highest BCUT2D eigenvalue weighted by Gasteiger charge is 1.96. The molecule has 12 heavy (non-hydrogen) atoms. The Morgan fingerprint density at radius 2 is 2.25 bits per heavy atom. The first-order chi connectivity index (χ1) is 5.74. The first-order valence-corrected chi connectivity index (χ1v) is 4.72. The van der Waals surface area contributed by atoms with Crippen molar-refractivity contribution in [1.82, 2.24) is 5.32 Å². The second-order valence-electron chi connectivity index (χ2n) is 2.71. The number of halogens is 1. The molecule has 2 nitrogen and oxygen atoms in total. The minimum Gasteiger partial charge on any atom is -0.398 e. The summed E-state index contributed by atoms with van der Waals surface area (Å²) in [5.41, 5.74) is 7.80. The Bertz CT molecular complexity index is 261. The van der Waals surface area contributed by atoms with Crippen LogP contribution in [0.3, 0.4) is 0 Å². The van der Waals surface area contributed by atoms with Crippen LogP contribution in [0.15, 0.2) is 22.7 Å². The van der Waals surface area contributed by atoms with Crippen molar-refractivity contribution >= 4 is 21.6 Å². The standard InChI is InChI=1S/C9H13BrN2/c1-12-5-4-7-2-3-8(10)9(11)6-7/h2-3,6,12H,4-5,11H2,1H3. The molecule has 0 aliphatic heterocycles. The number of hydrogen-bond acceptors (Lipinski definition) is 2. The van der Waals surface area contributed by atoms with Gasteiger partial charge in [0.05, 0.1) is 0 Å². The average molecular weight is 229 g/mol. The fourth-order valence-electron chi connectivity index (χ4n) is 1.02. The number of hydrogen-bond donors (Lipinski definition) is 2. The van der Waals surface area contributed by atoms with Gasteiger partial charge in [0.2, 0.25) is 0 Å². The molecule has 0 aromatic heterocycles. The maximum atomic E-state index is 5.73. The van der Waals surface area contributed by atoms with Crippen molar-refractivity contribution in [3.63, 3.8) is 0 Å². The van der Waals surface area contributed by atoms with Crippen molar-refractivity contribution in [1.29, 1.82) is 0 Å². The molecule has 1 rings (SSSR count). The van der Waals surface area contributed by atoms with Crippen LogP contribution >= 0.6 is 15.9 Å². The lowest BCUT2D eigenvalue weighted by atomic mass is 10.1. The summed E-state index contributed by atoms with van der Waals surface area (Å²) >= 11 is 3.36. The molecule has 0 radical (unpaired) electrons. The minimum absolute atomic E-state index is 0.809. The van der Waals surface area contributed by atoms with E-state index in [1.54, 1.807) is 0 Å². The molecule has 1 aromatic rings. The fourth-order valence-corrected chi connectivity index (χ4v) is 1.26. The summed E-state index contributed by atoms with van der Waals surface area (Å²) < 4.78 is 0.968. The normalized spacial score (nSPS) is 10.2. The van der Waals surface area contributed by atoms with E-state index in [4.69, 9.17) is 5.73 Å². The molecule has 0 amide bonds. The van der Waals surface area contributed by atoms with E-state index in [1.807, 2.05) is 19.2 Å². The summed E-state index contributed by atoms with van der Waals surface area (Å²) in [6.45, 7) is 0.987. The lowest BCUT2D eigenvalue weighted by Crippen LogP contribution is -2.10. The molecule has 3 N–H and O–H groups in total. The Hall–Kier alpha value is -0.540. The molecule has 0 aliphatic carbocycles. The summed E-state index contributed by atoms with van der Waals surface area (Å²) in [6, 6.07) is 6.07. The molecule has 0 aliphatic rings. The lowest BCUT2D eigenvalue weighted by Gasteiger charge is -2.03. The highest BCUT2D eigenvalue weighted by molar-refractivity contribution is 9.10. The van der Waals surface area contributed by atoms with Gasteiger partial charge in [0.15, 0.2) is 0 Å². The number of likely N-dealkylation sites (N-methyl/N-ethyl adjacent to an activating group) is 1. The van der Waals surface area contributed by atoms with Crippen molar-refractivity contribution in [2.45, 2.75) is 6.42 Å². The summed E-state index contributed by atoms with van der Waals surface area (Å²) in [5, 5.41) is 3.10. The van der Waals surface area contributed by atoms with Gasteiger partial charge in [0, 0.05) is 10.2 Å². The molecule has 0 saturated carbocycles. The number of rotatable bonds is 3. The predicted molar refractivity (Wildman–Crippen MR) is 56.2 cm³/mol. The van der Waals surface area contributed by atoms with Crippen molar-refractivity contribution in [3.05, 3.63) is 28.2 Å². The Kier molecular flexibility index (Phi) is 3.56. The molecule has 66 valence electrons. The molecule has 0 heterocycles. The van der Waals surface area contributed by atoms with Gasteiger partial charge in [-0.25, -0.2) is 0 Å². The molecule has 0 unspecified atom stereocenters. The van der Waals surface area contributed by atoms with E-state index in [2.05, 4.69) is 27.3 Å². The summed E-state index contributed by atoms with van der Waals surface area (Å²) in [5.74, 6) is 0. The number of nitrogens with one attached hydrogen (secondary N) is 1. The fraction of sp³-hybridized carbons (Fsp3) is 0.333. The molecule has 1 aromatic carbocycles. The van der Waals surface area contributed by atoms with E-state index in [-0.39, 0.29) is 0 Å². The van der Waals surface area contributed by atoms with E-state index < -0.39 is 0 Å². The third kappa shape index (κ3) is 2.50. The zero-order chi connectivity index (χ0) is 8.97. The molecule has 0 fully saturated rings. The van der Waals surface area contributed by atoms with E-state index in [9.17, 15) is 0 Å². The minimum atomic E-state index is 0.809. The molecule has 3 heteroatoms. The van der Waals surface area contributed by atoms with Gasteiger partial charge in [-0.15, -0.1) is 0 Å². The van der Waals surface area contributed by atoms with Gasteiger partial charge in [-0.2, -0.15) is 0 Å². The van der Waals surface area contributed by atoms with E-state index in [0.717, 1.165) is 23.1 Å². The van der Waals surface area contributed by atoms with Gasteiger partial charge in [0.25, 0.3) is 0 Å². The largest absolute Gasteiger partial charge is 0.398 e. The highest BCUT2D eigenvalue weighted by Crippen LogP contribution is 2.20. The third-order valence-corrected chi connectivity index (χ3v) is 2.45. The maximum absolute atomic E-state index is 5.73. The topological polar surface area (TPSA) is 38.0 Å². The van der Waals surface area contributed by atoms with Crippen molar-refractivity contribution < 1.29 is 0 Å².